The molecule has 7 heteroatoms. The van der Waals surface area contributed by atoms with E-state index in [4.69, 9.17) is 9.72 Å². The van der Waals surface area contributed by atoms with Crippen LogP contribution in [0, 0.1) is 5.92 Å². The van der Waals surface area contributed by atoms with Crippen LogP contribution in [0.4, 0.5) is 0 Å². The van der Waals surface area contributed by atoms with Crippen LogP contribution in [0.2, 0.25) is 0 Å². The Morgan fingerprint density at radius 3 is 2.70 bits per heavy atom. The van der Waals surface area contributed by atoms with Crippen LogP contribution in [0.3, 0.4) is 0 Å². The zero-order valence-electron chi connectivity index (χ0n) is 23.3. The minimum atomic E-state index is -0.895. The van der Waals surface area contributed by atoms with Crippen LogP contribution in [0.25, 0.3) is 11.3 Å². The van der Waals surface area contributed by atoms with E-state index in [0.29, 0.717) is 31.8 Å². The van der Waals surface area contributed by atoms with Crippen LogP contribution in [-0.4, -0.2) is 75.7 Å². The summed E-state index contributed by atoms with van der Waals surface area (Å²) in [5.41, 5.74) is 3.99. The lowest BCUT2D eigenvalue weighted by Crippen LogP contribution is -2.71. The predicted molar refractivity (Wildman–Crippen MR) is 153 cm³/mol. The summed E-state index contributed by atoms with van der Waals surface area (Å²) in [6.45, 7) is 3.29. The quantitative estimate of drug-likeness (QED) is 0.511. The van der Waals surface area contributed by atoms with Gasteiger partial charge < -0.3 is 14.7 Å². The average molecular weight is 539 g/mol. The summed E-state index contributed by atoms with van der Waals surface area (Å²) in [7, 11) is 1.64. The molecule has 7 nitrogen and oxygen atoms in total. The largest absolute Gasteiger partial charge is 0.481 e. The van der Waals surface area contributed by atoms with Crippen molar-refractivity contribution in [3.63, 3.8) is 0 Å². The summed E-state index contributed by atoms with van der Waals surface area (Å²) in [5, 5.41) is 12.9. The molecule has 4 heterocycles. The van der Waals surface area contributed by atoms with Gasteiger partial charge in [-0.2, -0.15) is 0 Å². The highest BCUT2D eigenvalue weighted by Crippen LogP contribution is 2.56. The maximum Gasteiger partial charge on any atom is 0.228 e. The maximum atomic E-state index is 13.5. The highest BCUT2D eigenvalue weighted by atomic mass is 16.5. The van der Waals surface area contributed by atoms with Gasteiger partial charge in [-0.05, 0) is 86.4 Å². The van der Waals surface area contributed by atoms with Gasteiger partial charge in [-0.3, -0.25) is 14.7 Å². The number of piperidine rings is 1. The molecule has 0 radical (unpaired) electrons. The Hall–Kier alpha value is -3.29. The van der Waals surface area contributed by atoms with E-state index in [-0.39, 0.29) is 11.9 Å². The number of likely N-dealkylation sites (tertiary alicyclic amines) is 2. The zero-order valence-corrected chi connectivity index (χ0v) is 23.3. The number of pyridine rings is 2. The average Bonchev–Trinajstić information content (AvgIpc) is 3.81. The minimum absolute atomic E-state index is 0.0704. The standard InChI is InChI=1S/C33H38N4O3/c1-40-30-7-4-6-28(35-30)25-11-10-24-20-29-33(39)14-18-36(31(38)21-26-5-2-3-15-34-26)16-12-32(33,27(24)19-25)13-17-37(29)22-23-8-9-23/h2-7,10-11,15,19,23,29,39H,8-9,12-14,16-18,20-22H2,1H3. The summed E-state index contributed by atoms with van der Waals surface area (Å²) < 4.78 is 5.40. The first-order chi connectivity index (χ1) is 19.5. The monoisotopic (exact) mass is 538 g/mol. The lowest BCUT2D eigenvalue weighted by Gasteiger charge is -2.61. The molecule has 1 saturated carbocycles. The van der Waals surface area contributed by atoms with E-state index < -0.39 is 11.0 Å². The molecular weight excluding hydrogens is 500 g/mol. The molecule has 2 saturated heterocycles. The van der Waals surface area contributed by atoms with Crippen LogP contribution in [0.5, 0.6) is 5.88 Å². The molecule has 40 heavy (non-hydrogen) atoms. The number of rotatable bonds is 6. The van der Waals surface area contributed by atoms with Gasteiger partial charge in [-0.25, -0.2) is 4.98 Å². The fourth-order valence-electron chi connectivity index (χ4n) is 7.74. The summed E-state index contributed by atoms with van der Waals surface area (Å²) in [6, 6.07) is 18.3. The molecular formula is C33H38N4O3. The van der Waals surface area contributed by atoms with Crippen molar-refractivity contribution >= 4 is 5.91 Å². The van der Waals surface area contributed by atoms with Crippen molar-refractivity contribution in [2.45, 2.75) is 62.0 Å². The number of nitrogens with zero attached hydrogens (tertiary/aromatic N) is 4. The summed E-state index contributed by atoms with van der Waals surface area (Å²) in [6.07, 6.45) is 7.73. The normalized spacial score (nSPS) is 27.9. The van der Waals surface area contributed by atoms with Crippen LogP contribution in [-0.2, 0) is 23.1 Å². The molecule has 3 fully saturated rings. The lowest BCUT2D eigenvalue weighted by atomic mass is 9.52. The highest BCUT2D eigenvalue weighted by molar-refractivity contribution is 5.78. The van der Waals surface area contributed by atoms with Gasteiger partial charge in [0, 0.05) is 54.6 Å². The van der Waals surface area contributed by atoms with Crippen LogP contribution < -0.4 is 4.74 Å². The molecule has 2 aliphatic carbocycles. The number of fused-ring (bicyclic) bond motifs is 1. The van der Waals surface area contributed by atoms with Gasteiger partial charge in [0.05, 0.1) is 24.8 Å². The fourth-order valence-corrected chi connectivity index (χ4v) is 7.74. The molecule has 3 unspecified atom stereocenters. The van der Waals surface area contributed by atoms with Crippen LogP contribution in [0.1, 0.15) is 48.9 Å². The van der Waals surface area contributed by atoms with Crippen LogP contribution in [0.15, 0.2) is 60.8 Å². The number of hydrogen-bond donors (Lipinski definition) is 1. The Kier molecular flexibility index (Phi) is 6.39. The van der Waals surface area contributed by atoms with Gasteiger partial charge in [0.25, 0.3) is 0 Å². The fraction of sp³-hybridized carbons (Fsp3) is 0.485. The third-order valence-corrected chi connectivity index (χ3v) is 10.1. The molecule has 1 amide bonds. The third-order valence-electron chi connectivity index (χ3n) is 10.1. The molecule has 2 aliphatic heterocycles. The first kappa shape index (κ1) is 25.7. The van der Waals surface area contributed by atoms with Crippen molar-refractivity contribution < 1.29 is 14.6 Å². The van der Waals surface area contributed by atoms with E-state index in [1.165, 1.54) is 24.0 Å². The van der Waals surface area contributed by atoms with Gasteiger partial charge in [0.2, 0.25) is 11.8 Å². The van der Waals surface area contributed by atoms with E-state index in [1.54, 1.807) is 13.3 Å². The molecule has 1 aromatic carbocycles. The summed E-state index contributed by atoms with van der Waals surface area (Å²) in [5.74, 6) is 1.45. The highest BCUT2D eigenvalue weighted by Gasteiger charge is 2.63. The van der Waals surface area contributed by atoms with Gasteiger partial charge in [-0.1, -0.05) is 24.3 Å². The third kappa shape index (κ3) is 4.31. The first-order valence-electron chi connectivity index (χ1n) is 14.8. The smallest absolute Gasteiger partial charge is 0.228 e. The first-order valence-corrected chi connectivity index (χ1v) is 14.8. The van der Waals surface area contributed by atoms with Gasteiger partial charge >= 0.3 is 0 Å². The Balaban J connectivity index is 1.26. The number of aromatic nitrogens is 2. The SMILES string of the molecule is COc1cccc(-c2ccc3c(c2)C24CCN(C(=O)Cc5ccccn5)CCC2(O)C(C3)N(CC2CC2)CC4)n1. The number of amides is 1. The molecule has 0 spiro atoms. The maximum absolute atomic E-state index is 13.5. The van der Waals surface area contributed by atoms with Crippen molar-refractivity contribution in [2.24, 2.45) is 5.92 Å². The van der Waals surface area contributed by atoms with Crippen LogP contribution >= 0.6 is 0 Å². The molecule has 2 bridgehead atoms. The second-order valence-corrected chi connectivity index (χ2v) is 12.2. The van der Waals surface area contributed by atoms with Gasteiger partial charge in [-0.15, -0.1) is 0 Å². The lowest BCUT2D eigenvalue weighted by molar-refractivity contribution is -0.149. The van der Waals surface area contributed by atoms with Crippen molar-refractivity contribution in [1.29, 1.82) is 0 Å². The summed E-state index contributed by atoms with van der Waals surface area (Å²) >= 11 is 0. The number of carbonyl (C=O) groups is 1. The molecule has 1 N–H and O–H groups in total. The molecule has 4 aliphatic rings. The molecule has 2 aromatic heterocycles. The van der Waals surface area contributed by atoms with E-state index in [2.05, 4.69) is 28.1 Å². The second kappa shape index (κ2) is 9.96. The Morgan fingerprint density at radius 1 is 1.05 bits per heavy atom. The van der Waals surface area contributed by atoms with E-state index in [1.807, 2.05) is 41.3 Å². The van der Waals surface area contributed by atoms with Crippen molar-refractivity contribution in [3.05, 3.63) is 77.6 Å². The molecule has 3 aromatic rings. The summed E-state index contributed by atoms with van der Waals surface area (Å²) in [4.78, 5) is 27.1. The number of ether oxygens (including phenoxy) is 1. The minimum Gasteiger partial charge on any atom is -0.481 e. The zero-order chi connectivity index (χ0) is 27.3. The number of hydrogen-bond acceptors (Lipinski definition) is 6. The molecule has 3 atom stereocenters. The number of benzene rings is 1. The topological polar surface area (TPSA) is 78.8 Å². The number of aliphatic hydroxyl groups is 1. The van der Waals surface area contributed by atoms with Crippen molar-refractivity contribution in [3.8, 4) is 17.1 Å². The number of methoxy groups -OCH3 is 1. The molecule has 208 valence electrons. The van der Waals surface area contributed by atoms with Crippen molar-refractivity contribution in [2.75, 3.05) is 33.3 Å². The van der Waals surface area contributed by atoms with Gasteiger partial charge in [0.1, 0.15) is 0 Å². The predicted octanol–water partition coefficient (Wildman–Crippen LogP) is 4.03. The van der Waals surface area contributed by atoms with E-state index in [0.717, 1.165) is 55.2 Å². The van der Waals surface area contributed by atoms with Crippen molar-refractivity contribution in [1.82, 2.24) is 19.8 Å². The van der Waals surface area contributed by atoms with Gasteiger partial charge in [0.15, 0.2) is 0 Å². The number of carbonyl (C=O) groups excluding carboxylic acids is 1. The van der Waals surface area contributed by atoms with E-state index >= 15 is 0 Å². The van der Waals surface area contributed by atoms with E-state index in [9.17, 15) is 9.90 Å². The second-order valence-electron chi connectivity index (χ2n) is 12.2. The Morgan fingerprint density at radius 2 is 1.90 bits per heavy atom. The Labute approximate surface area is 236 Å². The Bertz CT molecular complexity index is 1410. The molecule has 7 rings (SSSR count).